The zero-order chi connectivity index (χ0) is 10.6. The van der Waals surface area contributed by atoms with E-state index in [0.717, 1.165) is 5.56 Å². The summed E-state index contributed by atoms with van der Waals surface area (Å²) in [5.41, 5.74) is 6.44. The number of hydrogen-bond donors (Lipinski definition) is 3. The number of nitrogens with two attached hydrogens (primary N) is 1. The molecule has 0 aromatic heterocycles. The summed E-state index contributed by atoms with van der Waals surface area (Å²) < 4.78 is 0. The molecule has 0 aliphatic rings. The van der Waals surface area contributed by atoms with Gasteiger partial charge in [0.25, 0.3) is 5.91 Å². The predicted molar refractivity (Wildman–Crippen MR) is 54.2 cm³/mol. The van der Waals surface area contributed by atoms with Gasteiger partial charge in [-0.1, -0.05) is 6.07 Å². The van der Waals surface area contributed by atoms with Crippen LogP contribution in [0.3, 0.4) is 0 Å². The first-order valence-corrected chi connectivity index (χ1v) is 4.43. The second kappa shape index (κ2) is 4.62. The molecule has 0 heterocycles. The maximum absolute atomic E-state index is 11.4. The highest BCUT2D eigenvalue weighted by Crippen LogP contribution is 2.17. The summed E-state index contributed by atoms with van der Waals surface area (Å²) in [7, 11) is 0. The topological polar surface area (TPSA) is 75.4 Å². The van der Waals surface area contributed by atoms with Gasteiger partial charge in [0.05, 0.1) is 5.56 Å². The van der Waals surface area contributed by atoms with E-state index in [1.807, 2.05) is 6.92 Å². The first-order valence-electron chi connectivity index (χ1n) is 4.43. The molecule has 0 unspecified atom stereocenters. The Labute approximate surface area is 82.7 Å². The second-order valence-corrected chi connectivity index (χ2v) is 3.07. The Morgan fingerprint density at radius 3 is 2.86 bits per heavy atom. The van der Waals surface area contributed by atoms with Crippen LogP contribution in [0.1, 0.15) is 15.9 Å². The van der Waals surface area contributed by atoms with Crippen LogP contribution in [0.4, 0.5) is 0 Å². The lowest BCUT2D eigenvalue weighted by atomic mass is 10.1. The van der Waals surface area contributed by atoms with Crippen LogP contribution >= 0.6 is 0 Å². The van der Waals surface area contributed by atoms with Crippen molar-refractivity contribution in [2.24, 2.45) is 5.73 Å². The monoisotopic (exact) mass is 194 g/mol. The number of aryl methyl sites for hydroxylation is 1. The third-order valence-corrected chi connectivity index (χ3v) is 1.83. The van der Waals surface area contributed by atoms with Crippen molar-refractivity contribution in [2.45, 2.75) is 6.92 Å². The van der Waals surface area contributed by atoms with Crippen LogP contribution in [0.2, 0.25) is 0 Å². The fourth-order valence-corrected chi connectivity index (χ4v) is 1.11. The molecule has 14 heavy (non-hydrogen) atoms. The Hall–Kier alpha value is -1.55. The third-order valence-electron chi connectivity index (χ3n) is 1.83. The lowest BCUT2D eigenvalue weighted by Crippen LogP contribution is -2.29. The highest BCUT2D eigenvalue weighted by atomic mass is 16.3. The molecule has 4 heteroatoms. The van der Waals surface area contributed by atoms with E-state index in [2.05, 4.69) is 5.32 Å². The van der Waals surface area contributed by atoms with Crippen LogP contribution in [-0.2, 0) is 0 Å². The summed E-state index contributed by atoms with van der Waals surface area (Å²) in [5, 5.41) is 12.1. The number of nitrogens with one attached hydrogen (secondary N) is 1. The van der Waals surface area contributed by atoms with Gasteiger partial charge in [-0.05, 0) is 24.6 Å². The number of carbonyl (C=O) groups is 1. The van der Waals surface area contributed by atoms with E-state index >= 15 is 0 Å². The SMILES string of the molecule is Cc1ccc(C(=O)NCCN)c(O)c1. The highest BCUT2D eigenvalue weighted by molar-refractivity contribution is 5.96. The minimum Gasteiger partial charge on any atom is -0.507 e. The van der Waals surface area contributed by atoms with Gasteiger partial charge >= 0.3 is 0 Å². The summed E-state index contributed by atoms with van der Waals surface area (Å²) in [6.45, 7) is 2.64. The first kappa shape index (κ1) is 10.5. The molecule has 0 atom stereocenters. The zero-order valence-corrected chi connectivity index (χ0v) is 8.08. The van der Waals surface area contributed by atoms with E-state index in [1.165, 1.54) is 0 Å². The normalized spacial score (nSPS) is 9.86. The number of phenols is 1. The van der Waals surface area contributed by atoms with Crippen LogP contribution < -0.4 is 11.1 Å². The van der Waals surface area contributed by atoms with Crippen molar-refractivity contribution in [2.75, 3.05) is 13.1 Å². The molecule has 4 nitrogen and oxygen atoms in total. The Bertz CT molecular complexity index is 337. The summed E-state index contributed by atoms with van der Waals surface area (Å²) >= 11 is 0. The number of hydrogen-bond acceptors (Lipinski definition) is 3. The molecule has 4 N–H and O–H groups in total. The second-order valence-electron chi connectivity index (χ2n) is 3.07. The number of aromatic hydroxyl groups is 1. The van der Waals surface area contributed by atoms with E-state index < -0.39 is 0 Å². The van der Waals surface area contributed by atoms with Crippen LogP contribution in [0.5, 0.6) is 5.75 Å². The Balaban J connectivity index is 2.80. The van der Waals surface area contributed by atoms with Crippen molar-refractivity contribution in [3.05, 3.63) is 29.3 Å². The molecule has 1 aromatic carbocycles. The van der Waals surface area contributed by atoms with Crippen molar-refractivity contribution in [3.8, 4) is 5.75 Å². The third kappa shape index (κ3) is 2.47. The van der Waals surface area contributed by atoms with Gasteiger partial charge < -0.3 is 16.2 Å². The average molecular weight is 194 g/mol. The quantitative estimate of drug-likeness (QED) is 0.651. The van der Waals surface area contributed by atoms with Gasteiger partial charge in [0.2, 0.25) is 0 Å². The maximum atomic E-state index is 11.4. The molecule has 0 radical (unpaired) electrons. The first-order chi connectivity index (χ1) is 6.65. The molecule has 1 aromatic rings. The summed E-state index contributed by atoms with van der Waals surface area (Å²) in [4.78, 5) is 11.4. The fraction of sp³-hybridized carbons (Fsp3) is 0.300. The molecule has 0 aliphatic heterocycles. The fourth-order valence-electron chi connectivity index (χ4n) is 1.11. The van der Waals surface area contributed by atoms with Gasteiger partial charge in [0.15, 0.2) is 0 Å². The molecule has 0 aliphatic carbocycles. The minimum atomic E-state index is -0.298. The number of rotatable bonds is 3. The van der Waals surface area contributed by atoms with Crippen LogP contribution in [0, 0.1) is 6.92 Å². The predicted octanol–water partition coefficient (Wildman–Crippen LogP) is 0.389. The molecule has 0 spiro atoms. The van der Waals surface area contributed by atoms with Crippen molar-refractivity contribution in [1.29, 1.82) is 0 Å². The molecular formula is C10H14N2O2. The molecule has 0 bridgehead atoms. The van der Waals surface area contributed by atoms with E-state index in [4.69, 9.17) is 5.73 Å². The molecular weight excluding hydrogens is 180 g/mol. The highest BCUT2D eigenvalue weighted by Gasteiger charge is 2.09. The van der Waals surface area contributed by atoms with Gasteiger partial charge in [-0.25, -0.2) is 0 Å². The summed E-state index contributed by atoms with van der Waals surface area (Å²) in [6, 6.07) is 4.92. The summed E-state index contributed by atoms with van der Waals surface area (Å²) in [6.07, 6.45) is 0. The van der Waals surface area contributed by atoms with Gasteiger partial charge in [-0.15, -0.1) is 0 Å². The molecule has 1 amide bonds. The molecule has 0 fully saturated rings. The number of phenolic OH excluding ortho intramolecular Hbond substituents is 1. The van der Waals surface area contributed by atoms with Crippen molar-refractivity contribution in [3.63, 3.8) is 0 Å². The Kier molecular flexibility index (Phi) is 3.48. The maximum Gasteiger partial charge on any atom is 0.255 e. The van der Waals surface area contributed by atoms with Gasteiger partial charge in [-0.3, -0.25) is 4.79 Å². The van der Waals surface area contributed by atoms with Gasteiger partial charge in [0.1, 0.15) is 5.75 Å². The zero-order valence-electron chi connectivity index (χ0n) is 8.08. The van der Waals surface area contributed by atoms with Crippen LogP contribution in [-0.4, -0.2) is 24.1 Å². The molecule has 0 saturated heterocycles. The van der Waals surface area contributed by atoms with Crippen molar-refractivity contribution in [1.82, 2.24) is 5.32 Å². The van der Waals surface area contributed by atoms with Gasteiger partial charge in [-0.2, -0.15) is 0 Å². The van der Waals surface area contributed by atoms with Gasteiger partial charge in [0, 0.05) is 13.1 Å². The van der Waals surface area contributed by atoms with Crippen molar-refractivity contribution < 1.29 is 9.90 Å². The van der Waals surface area contributed by atoms with E-state index in [0.29, 0.717) is 13.1 Å². The largest absolute Gasteiger partial charge is 0.507 e. The average Bonchev–Trinajstić information content (AvgIpc) is 2.14. The standard InChI is InChI=1S/C10H14N2O2/c1-7-2-3-8(9(13)6-7)10(14)12-5-4-11/h2-3,6,13H,4-5,11H2,1H3,(H,12,14). The number of carbonyl (C=O) groups excluding carboxylic acids is 1. The summed E-state index contributed by atoms with van der Waals surface area (Å²) in [5.74, 6) is -0.299. The van der Waals surface area contributed by atoms with E-state index in [-0.39, 0.29) is 17.2 Å². The van der Waals surface area contributed by atoms with E-state index in [9.17, 15) is 9.90 Å². The lowest BCUT2D eigenvalue weighted by Gasteiger charge is -2.05. The number of amides is 1. The minimum absolute atomic E-state index is 0.000443. The van der Waals surface area contributed by atoms with Crippen molar-refractivity contribution >= 4 is 5.91 Å². The molecule has 1 rings (SSSR count). The lowest BCUT2D eigenvalue weighted by molar-refractivity contribution is 0.0952. The molecule has 76 valence electrons. The Morgan fingerprint density at radius 2 is 2.29 bits per heavy atom. The smallest absolute Gasteiger partial charge is 0.255 e. The van der Waals surface area contributed by atoms with Crippen LogP contribution in [0.15, 0.2) is 18.2 Å². The van der Waals surface area contributed by atoms with E-state index in [1.54, 1.807) is 18.2 Å². The molecule has 0 saturated carbocycles. The number of benzene rings is 1. The van der Waals surface area contributed by atoms with Crippen LogP contribution in [0.25, 0.3) is 0 Å². The Morgan fingerprint density at radius 1 is 1.57 bits per heavy atom.